The van der Waals surface area contributed by atoms with E-state index in [9.17, 15) is 24.6 Å². The molecule has 1 saturated heterocycles. The Bertz CT molecular complexity index is 787. The Balaban J connectivity index is 1.86. The third kappa shape index (κ3) is 3.10. The molecule has 0 saturated carbocycles. The molecule has 3 atom stereocenters. The summed E-state index contributed by atoms with van der Waals surface area (Å²) in [6.07, 6.45) is -0.346. The van der Waals surface area contributed by atoms with E-state index < -0.39 is 18.0 Å². The van der Waals surface area contributed by atoms with Crippen molar-refractivity contribution >= 4 is 34.5 Å². The normalized spacial score (nSPS) is 22.7. The smallest absolute Gasteiger partial charge is 0.353 e. The van der Waals surface area contributed by atoms with Crippen molar-refractivity contribution in [2.45, 2.75) is 38.4 Å². The molecule has 0 radical (unpaired) electrons. The van der Waals surface area contributed by atoms with E-state index in [4.69, 9.17) is 4.74 Å². The van der Waals surface area contributed by atoms with Crippen LogP contribution in [-0.4, -0.2) is 44.4 Å². The van der Waals surface area contributed by atoms with E-state index in [1.165, 1.54) is 23.6 Å². The lowest BCUT2D eigenvalue weighted by Gasteiger charge is -2.44. The van der Waals surface area contributed by atoms with Crippen LogP contribution in [0, 0.1) is 5.92 Å². The fraction of sp³-hybridized carbons (Fsp3) is 0.389. The lowest BCUT2D eigenvalue weighted by atomic mass is 9.89. The van der Waals surface area contributed by atoms with Crippen LogP contribution in [0.2, 0.25) is 0 Å². The van der Waals surface area contributed by atoms with Gasteiger partial charge in [0.25, 0.3) is 0 Å². The predicted molar refractivity (Wildman–Crippen MR) is 94.5 cm³/mol. The van der Waals surface area contributed by atoms with Crippen molar-refractivity contribution in [3.63, 3.8) is 0 Å². The zero-order valence-corrected chi connectivity index (χ0v) is 15.2. The lowest BCUT2D eigenvalue weighted by Crippen LogP contribution is -2.61. The van der Waals surface area contributed by atoms with Crippen molar-refractivity contribution in [2.24, 2.45) is 5.92 Å². The number of benzene rings is 1. The highest BCUT2D eigenvalue weighted by Crippen LogP contribution is 2.53. The minimum atomic E-state index is -1.17. The molecule has 138 valence electrons. The van der Waals surface area contributed by atoms with Crippen molar-refractivity contribution in [1.82, 2.24) is 4.90 Å². The number of hydrogen-bond donors (Lipinski definition) is 2. The predicted octanol–water partition coefficient (Wildman–Crippen LogP) is 1.81. The summed E-state index contributed by atoms with van der Waals surface area (Å²) in [7, 11) is 0. The van der Waals surface area contributed by atoms with Crippen LogP contribution in [0.1, 0.15) is 31.4 Å². The van der Waals surface area contributed by atoms with Crippen LogP contribution >= 0.6 is 11.8 Å². The zero-order valence-electron chi connectivity index (χ0n) is 14.3. The first-order chi connectivity index (χ1) is 12.3. The maximum atomic E-state index is 12.3. The molecular formula is C18H19NO6S. The Morgan fingerprint density at radius 1 is 1.31 bits per heavy atom. The van der Waals surface area contributed by atoms with Gasteiger partial charge in [0.15, 0.2) is 0 Å². The van der Waals surface area contributed by atoms with Crippen molar-refractivity contribution in [3.05, 3.63) is 41.1 Å². The molecule has 26 heavy (non-hydrogen) atoms. The van der Waals surface area contributed by atoms with E-state index >= 15 is 0 Å². The van der Waals surface area contributed by atoms with Gasteiger partial charge in [-0.05, 0) is 17.5 Å². The summed E-state index contributed by atoms with van der Waals surface area (Å²) >= 11 is 1.29. The molecule has 1 aromatic rings. The highest BCUT2D eigenvalue weighted by molar-refractivity contribution is 8.09. The van der Waals surface area contributed by atoms with E-state index in [0.29, 0.717) is 16.9 Å². The number of carboxylic acids is 1. The standard InChI is InChI=1S/C18H19NO6S/c1-3-12(21)13-16(22)19-14(18(23)24)15(26-17(13)19)11-6-4-10(5-7-11)8-25-9(2)20/h4-7,12-13,17,21H,3,8H2,1-2H3,(H,23,24)/t12-,13+,17?/m0/s1. The third-order valence-corrected chi connectivity index (χ3v) is 5.88. The van der Waals surface area contributed by atoms with Crippen LogP contribution in [0.15, 0.2) is 30.0 Å². The molecule has 2 heterocycles. The summed E-state index contributed by atoms with van der Waals surface area (Å²) in [5.74, 6) is -2.48. The number of amides is 1. The SMILES string of the molecule is CC[C@H](O)[C@@H]1C(=O)N2C(C(=O)O)=C(c3ccc(COC(C)=O)cc3)SC12. The number of aliphatic hydroxyl groups excluding tert-OH is 1. The van der Waals surface area contributed by atoms with Crippen molar-refractivity contribution in [3.8, 4) is 0 Å². The highest BCUT2D eigenvalue weighted by atomic mass is 32.2. The number of β-lactam (4-membered cyclic amide) rings is 1. The van der Waals surface area contributed by atoms with Crippen molar-refractivity contribution in [1.29, 1.82) is 0 Å². The van der Waals surface area contributed by atoms with Crippen molar-refractivity contribution in [2.75, 3.05) is 0 Å². The van der Waals surface area contributed by atoms with Gasteiger partial charge in [-0.3, -0.25) is 14.5 Å². The van der Waals surface area contributed by atoms with Crippen LogP contribution < -0.4 is 0 Å². The zero-order chi connectivity index (χ0) is 19.0. The number of fused-ring (bicyclic) bond motifs is 1. The number of rotatable bonds is 6. The molecule has 8 heteroatoms. The molecule has 1 aromatic carbocycles. The second-order valence-electron chi connectivity index (χ2n) is 6.18. The molecule has 1 amide bonds. The second-order valence-corrected chi connectivity index (χ2v) is 7.31. The Labute approximate surface area is 154 Å². The average molecular weight is 377 g/mol. The van der Waals surface area contributed by atoms with E-state index in [1.54, 1.807) is 31.2 Å². The molecule has 7 nitrogen and oxygen atoms in total. The van der Waals surface area contributed by atoms with Gasteiger partial charge in [0.05, 0.1) is 12.0 Å². The van der Waals surface area contributed by atoms with E-state index in [0.717, 1.165) is 5.56 Å². The summed E-state index contributed by atoms with van der Waals surface area (Å²) in [6, 6.07) is 6.99. The minimum absolute atomic E-state index is 0.0442. The number of aliphatic carboxylic acids is 1. The van der Waals surface area contributed by atoms with Gasteiger partial charge >= 0.3 is 11.9 Å². The molecule has 1 unspecified atom stereocenters. The lowest BCUT2D eigenvalue weighted by molar-refractivity contribution is -0.157. The number of aliphatic hydroxyl groups is 1. The van der Waals surface area contributed by atoms with Gasteiger partial charge in [0.1, 0.15) is 17.7 Å². The first kappa shape index (κ1) is 18.5. The highest BCUT2D eigenvalue weighted by Gasteiger charge is 2.58. The maximum absolute atomic E-state index is 12.3. The van der Waals surface area contributed by atoms with Gasteiger partial charge in [0.2, 0.25) is 5.91 Å². The van der Waals surface area contributed by atoms with Gasteiger partial charge in [0, 0.05) is 11.8 Å². The minimum Gasteiger partial charge on any atom is -0.477 e. The van der Waals surface area contributed by atoms with Gasteiger partial charge in [-0.1, -0.05) is 43.0 Å². The van der Waals surface area contributed by atoms with Gasteiger partial charge < -0.3 is 14.9 Å². The molecule has 0 spiro atoms. The molecule has 0 aromatic heterocycles. The number of esters is 1. The summed E-state index contributed by atoms with van der Waals surface area (Å²) in [5, 5.41) is 19.2. The number of carbonyl (C=O) groups is 3. The second kappa shape index (κ2) is 7.13. The van der Waals surface area contributed by atoms with E-state index in [2.05, 4.69) is 0 Å². The molecule has 2 N–H and O–H groups in total. The third-order valence-electron chi connectivity index (χ3n) is 4.47. The topological polar surface area (TPSA) is 104 Å². The number of thioether (sulfide) groups is 1. The van der Waals surface area contributed by atoms with Crippen LogP contribution in [0.25, 0.3) is 4.91 Å². The molecule has 3 rings (SSSR count). The van der Waals surface area contributed by atoms with Gasteiger partial charge in [-0.15, -0.1) is 0 Å². The number of nitrogens with zero attached hydrogens (tertiary/aromatic N) is 1. The largest absolute Gasteiger partial charge is 0.477 e. The summed E-state index contributed by atoms with van der Waals surface area (Å²) in [6.45, 7) is 3.26. The molecule has 0 aliphatic carbocycles. The Hall–Kier alpha value is -2.32. The first-order valence-corrected chi connectivity index (χ1v) is 9.11. The summed E-state index contributed by atoms with van der Waals surface area (Å²) < 4.78 is 4.93. The van der Waals surface area contributed by atoms with Crippen LogP contribution in [0.5, 0.6) is 0 Å². The summed E-state index contributed by atoms with van der Waals surface area (Å²) in [4.78, 5) is 36.7. The molecular weight excluding hydrogens is 358 g/mol. The van der Waals surface area contributed by atoms with Crippen LogP contribution in [-0.2, 0) is 25.7 Å². The quantitative estimate of drug-likeness (QED) is 0.575. The number of carbonyl (C=O) groups excluding carboxylic acids is 2. The van der Waals surface area contributed by atoms with Crippen LogP contribution in [0.4, 0.5) is 0 Å². The van der Waals surface area contributed by atoms with Crippen LogP contribution in [0.3, 0.4) is 0 Å². The van der Waals surface area contributed by atoms with Crippen molar-refractivity contribution < 1.29 is 29.3 Å². The maximum Gasteiger partial charge on any atom is 0.353 e. The molecule has 2 aliphatic rings. The van der Waals surface area contributed by atoms with Gasteiger partial charge in [-0.2, -0.15) is 0 Å². The fourth-order valence-electron chi connectivity index (χ4n) is 3.09. The number of carboxylic acid groups (broad SMARTS) is 1. The Kier molecular flexibility index (Phi) is 5.06. The summed E-state index contributed by atoms with van der Waals surface area (Å²) in [5.41, 5.74) is 1.41. The number of ether oxygens (including phenoxy) is 1. The first-order valence-electron chi connectivity index (χ1n) is 8.23. The Morgan fingerprint density at radius 2 is 1.96 bits per heavy atom. The van der Waals surface area contributed by atoms with E-state index in [-0.39, 0.29) is 29.6 Å². The molecule has 0 bridgehead atoms. The number of hydrogen-bond acceptors (Lipinski definition) is 6. The molecule has 1 fully saturated rings. The average Bonchev–Trinajstić information content (AvgIpc) is 2.95. The van der Waals surface area contributed by atoms with E-state index in [1.807, 2.05) is 0 Å². The monoisotopic (exact) mass is 377 g/mol. The van der Waals surface area contributed by atoms with Gasteiger partial charge in [-0.25, -0.2) is 4.79 Å². The fourth-order valence-corrected chi connectivity index (χ4v) is 4.66. The Morgan fingerprint density at radius 3 is 2.50 bits per heavy atom. The molecule has 2 aliphatic heterocycles.